The highest BCUT2D eigenvalue weighted by atomic mass is 16.5. The molecule has 4 rings (SSSR count). The number of esters is 1. The first-order valence-corrected chi connectivity index (χ1v) is 9.11. The Balaban J connectivity index is 1.61. The molecule has 1 N–H and O–H groups in total. The third kappa shape index (κ3) is 3.60. The average molecular weight is 389 g/mol. The quantitative estimate of drug-likeness (QED) is 0.530. The van der Waals surface area contributed by atoms with Crippen LogP contribution >= 0.6 is 0 Å². The van der Waals surface area contributed by atoms with Crippen molar-refractivity contribution in [3.8, 4) is 11.3 Å². The molecule has 0 radical (unpaired) electrons. The summed E-state index contributed by atoms with van der Waals surface area (Å²) < 4.78 is 8.23. The van der Waals surface area contributed by atoms with Crippen molar-refractivity contribution < 1.29 is 14.3 Å². The van der Waals surface area contributed by atoms with E-state index in [0.717, 1.165) is 11.3 Å². The fourth-order valence-corrected chi connectivity index (χ4v) is 3.06. The highest BCUT2D eigenvalue weighted by molar-refractivity contribution is 6.10. The highest BCUT2D eigenvalue weighted by Gasteiger charge is 2.23. The van der Waals surface area contributed by atoms with Crippen LogP contribution in [0.15, 0.2) is 61.1 Å². The van der Waals surface area contributed by atoms with E-state index < -0.39 is 11.9 Å². The topological polar surface area (TPSA) is 90.5 Å². The number of hydrogen-bond acceptors (Lipinski definition) is 5. The van der Waals surface area contributed by atoms with Crippen molar-refractivity contribution >= 4 is 23.2 Å². The van der Waals surface area contributed by atoms with E-state index in [1.807, 2.05) is 47.1 Å². The molecule has 146 valence electrons. The summed E-state index contributed by atoms with van der Waals surface area (Å²) in [6.07, 6.45) is 5.08. The second-order valence-electron chi connectivity index (χ2n) is 6.38. The second-order valence-corrected chi connectivity index (χ2v) is 6.38. The van der Waals surface area contributed by atoms with Crippen LogP contribution in [0, 0.1) is 0 Å². The fourth-order valence-electron chi connectivity index (χ4n) is 3.06. The number of nitrogens with zero attached hydrogens (tertiary/aromatic N) is 4. The number of carbonyl (C=O) groups excluding carboxylic acids is 2. The number of aromatic nitrogens is 4. The minimum Gasteiger partial charge on any atom is -0.462 e. The van der Waals surface area contributed by atoms with E-state index in [0.29, 0.717) is 11.3 Å². The number of nitrogens with one attached hydrogen (secondary N) is 1. The normalized spacial score (nSPS) is 10.8. The number of anilines is 1. The van der Waals surface area contributed by atoms with Crippen LogP contribution < -0.4 is 5.32 Å². The van der Waals surface area contributed by atoms with Crippen molar-refractivity contribution in [3.63, 3.8) is 0 Å². The molecule has 0 fully saturated rings. The maximum Gasteiger partial charge on any atom is 0.342 e. The molecule has 3 aromatic heterocycles. The number of benzene rings is 1. The summed E-state index contributed by atoms with van der Waals surface area (Å²) in [5, 5.41) is 6.81. The highest BCUT2D eigenvalue weighted by Crippen LogP contribution is 2.21. The molecule has 4 aromatic rings. The summed E-state index contributed by atoms with van der Waals surface area (Å²) in [5.74, 6) is -1.03. The number of amides is 1. The molecule has 0 atom stereocenters. The van der Waals surface area contributed by atoms with Crippen LogP contribution in [0.1, 0.15) is 27.8 Å². The van der Waals surface area contributed by atoms with Gasteiger partial charge in [0.05, 0.1) is 18.5 Å². The van der Waals surface area contributed by atoms with Gasteiger partial charge in [-0.2, -0.15) is 5.10 Å². The van der Waals surface area contributed by atoms with Crippen LogP contribution in [0.2, 0.25) is 0 Å². The lowest BCUT2D eigenvalue weighted by atomic mass is 10.2. The predicted octanol–water partition coefficient (Wildman–Crippen LogP) is 3.16. The molecular formula is C21H19N5O3. The lowest BCUT2D eigenvalue weighted by Crippen LogP contribution is -2.20. The van der Waals surface area contributed by atoms with E-state index in [9.17, 15) is 9.59 Å². The van der Waals surface area contributed by atoms with E-state index in [-0.39, 0.29) is 17.9 Å². The Kier molecular flexibility index (Phi) is 4.82. The van der Waals surface area contributed by atoms with Crippen molar-refractivity contribution in [2.75, 3.05) is 11.9 Å². The fraction of sp³-hybridized carbons (Fsp3) is 0.143. The molecule has 0 bridgehead atoms. The smallest absolute Gasteiger partial charge is 0.342 e. The first-order valence-electron chi connectivity index (χ1n) is 9.11. The van der Waals surface area contributed by atoms with Gasteiger partial charge in [-0.15, -0.1) is 0 Å². The lowest BCUT2D eigenvalue weighted by Gasteiger charge is -2.08. The Morgan fingerprint density at radius 2 is 1.97 bits per heavy atom. The maximum absolute atomic E-state index is 12.8. The van der Waals surface area contributed by atoms with Gasteiger partial charge in [-0.3, -0.25) is 9.48 Å². The van der Waals surface area contributed by atoms with Gasteiger partial charge in [0.1, 0.15) is 16.9 Å². The van der Waals surface area contributed by atoms with Crippen molar-refractivity contribution in [3.05, 3.63) is 72.3 Å². The first-order chi connectivity index (χ1) is 14.1. The van der Waals surface area contributed by atoms with E-state index in [1.54, 1.807) is 26.1 Å². The number of imidazole rings is 1. The largest absolute Gasteiger partial charge is 0.462 e. The molecule has 1 aromatic carbocycles. The molecule has 0 spiro atoms. The van der Waals surface area contributed by atoms with Crippen LogP contribution in [0.5, 0.6) is 0 Å². The van der Waals surface area contributed by atoms with E-state index in [4.69, 9.17) is 4.74 Å². The standard InChI is InChI=1S/C21H19N5O3/c1-3-29-21(28)16-12-22-25(2)19(16)20(27)23-15-9-10-26-13-17(24-18(26)11-15)14-7-5-4-6-8-14/h4-13H,3H2,1-2H3,(H,23,27). The molecular weight excluding hydrogens is 370 g/mol. The van der Waals surface area contributed by atoms with Gasteiger partial charge in [0.2, 0.25) is 0 Å². The van der Waals surface area contributed by atoms with Crippen LogP contribution in [-0.2, 0) is 11.8 Å². The zero-order valence-corrected chi connectivity index (χ0v) is 16.0. The zero-order valence-electron chi connectivity index (χ0n) is 16.0. The molecule has 3 heterocycles. The van der Waals surface area contributed by atoms with Gasteiger partial charge in [0.25, 0.3) is 5.91 Å². The molecule has 29 heavy (non-hydrogen) atoms. The molecule has 0 saturated carbocycles. The van der Waals surface area contributed by atoms with Gasteiger partial charge in [0.15, 0.2) is 0 Å². The Morgan fingerprint density at radius 3 is 2.72 bits per heavy atom. The maximum atomic E-state index is 12.8. The third-order valence-corrected chi connectivity index (χ3v) is 4.44. The average Bonchev–Trinajstić information content (AvgIpc) is 3.32. The van der Waals surface area contributed by atoms with E-state index in [2.05, 4.69) is 15.4 Å². The van der Waals surface area contributed by atoms with Gasteiger partial charge >= 0.3 is 5.97 Å². The van der Waals surface area contributed by atoms with Crippen molar-refractivity contribution in [2.24, 2.45) is 7.05 Å². The second kappa shape index (κ2) is 7.59. The minimum atomic E-state index is -0.582. The van der Waals surface area contributed by atoms with Crippen LogP contribution in [0.3, 0.4) is 0 Å². The lowest BCUT2D eigenvalue weighted by molar-refractivity contribution is 0.0523. The Bertz CT molecular complexity index is 1190. The number of rotatable bonds is 5. The van der Waals surface area contributed by atoms with Crippen molar-refractivity contribution in [1.29, 1.82) is 0 Å². The predicted molar refractivity (Wildman–Crippen MR) is 108 cm³/mol. The van der Waals surface area contributed by atoms with E-state index in [1.165, 1.54) is 10.9 Å². The van der Waals surface area contributed by atoms with Gasteiger partial charge in [-0.05, 0) is 13.0 Å². The van der Waals surface area contributed by atoms with Gasteiger partial charge in [-0.1, -0.05) is 30.3 Å². The number of hydrogen-bond donors (Lipinski definition) is 1. The molecule has 0 aliphatic heterocycles. The van der Waals surface area contributed by atoms with Crippen LogP contribution in [-0.4, -0.2) is 37.6 Å². The molecule has 0 unspecified atom stereocenters. The Morgan fingerprint density at radius 1 is 1.17 bits per heavy atom. The molecule has 0 saturated heterocycles. The molecule has 8 nitrogen and oxygen atoms in total. The summed E-state index contributed by atoms with van der Waals surface area (Å²) in [6, 6.07) is 13.4. The number of carbonyl (C=O) groups is 2. The summed E-state index contributed by atoms with van der Waals surface area (Å²) in [4.78, 5) is 29.5. The Hall–Kier alpha value is -3.94. The van der Waals surface area contributed by atoms with Crippen molar-refractivity contribution in [1.82, 2.24) is 19.2 Å². The summed E-state index contributed by atoms with van der Waals surface area (Å²) in [5.41, 5.74) is 3.36. The first kappa shape index (κ1) is 18.4. The van der Waals surface area contributed by atoms with E-state index >= 15 is 0 Å². The van der Waals surface area contributed by atoms with Crippen LogP contribution in [0.25, 0.3) is 16.9 Å². The minimum absolute atomic E-state index is 0.125. The number of ether oxygens (including phenoxy) is 1. The zero-order chi connectivity index (χ0) is 20.4. The molecule has 8 heteroatoms. The number of aryl methyl sites for hydroxylation is 1. The van der Waals surface area contributed by atoms with Crippen molar-refractivity contribution in [2.45, 2.75) is 6.92 Å². The van der Waals surface area contributed by atoms with Gasteiger partial charge in [-0.25, -0.2) is 9.78 Å². The summed E-state index contributed by atoms with van der Waals surface area (Å²) in [7, 11) is 1.60. The van der Waals surface area contributed by atoms with Gasteiger partial charge in [0, 0.05) is 36.8 Å². The number of fused-ring (bicyclic) bond motifs is 1. The molecule has 0 aliphatic rings. The summed E-state index contributed by atoms with van der Waals surface area (Å²) in [6.45, 7) is 1.92. The Labute approximate surface area is 166 Å². The monoisotopic (exact) mass is 389 g/mol. The molecule has 1 amide bonds. The molecule has 0 aliphatic carbocycles. The summed E-state index contributed by atoms with van der Waals surface area (Å²) >= 11 is 0. The SMILES string of the molecule is CCOC(=O)c1cnn(C)c1C(=O)Nc1ccn2cc(-c3ccccc3)nc2c1. The van der Waals surface area contributed by atoms with Gasteiger partial charge < -0.3 is 14.5 Å². The third-order valence-electron chi connectivity index (χ3n) is 4.44. The van der Waals surface area contributed by atoms with Crippen LogP contribution in [0.4, 0.5) is 5.69 Å². The number of pyridine rings is 1.